The Labute approximate surface area is 107 Å². The highest BCUT2D eigenvalue weighted by Gasteiger charge is 2.00. The fraction of sp³-hybridized carbons (Fsp3) is 0.0769. The fourth-order valence-electron chi connectivity index (χ4n) is 1.52. The highest BCUT2D eigenvalue weighted by atomic mass is 79.9. The summed E-state index contributed by atoms with van der Waals surface area (Å²) in [5.74, 6) is -1.12. The van der Waals surface area contributed by atoms with Crippen LogP contribution in [-0.4, -0.2) is 0 Å². The summed E-state index contributed by atoms with van der Waals surface area (Å²) in [6, 6.07) is 11.1. The van der Waals surface area contributed by atoms with Crippen LogP contribution in [0, 0.1) is 11.6 Å². The quantitative estimate of drug-likeness (QED) is 0.889. The summed E-state index contributed by atoms with van der Waals surface area (Å²) < 4.78 is 26.8. The first-order valence-electron chi connectivity index (χ1n) is 5.08. The second-order valence-corrected chi connectivity index (χ2v) is 4.56. The lowest BCUT2D eigenvalue weighted by Crippen LogP contribution is -2.00. The highest BCUT2D eigenvalue weighted by molar-refractivity contribution is 9.10. The Morgan fingerprint density at radius 2 is 1.71 bits per heavy atom. The van der Waals surface area contributed by atoms with Crippen LogP contribution >= 0.6 is 15.9 Å². The van der Waals surface area contributed by atoms with Crippen molar-refractivity contribution < 1.29 is 8.78 Å². The second kappa shape index (κ2) is 5.27. The number of benzene rings is 2. The van der Waals surface area contributed by atoms with E-state index in [1.807, 2.05) is 24.3 Å². The Morgan fingerprint density at radius 3 is 2.35 bits per heavy atom. The van der Waals surface area contributed by atoms with Gasteiger partial charge in [-0.3, -0.25) is 0 Å². The van der Waals surface area contributed by atoms with Gasteiger partial charge in [0.1, 0.15) is 11.6 Å². The average molecular weight is 298 g/mol. The molecule has 0 atom stereocenters. The standard InChI is InChI=1S/C13H10BrF2N/c14-10-2-1-3-13(6-10)17-8-9-4-11(15)7-12(16)5-9/h1-7,17H,8H2. The first-order chi connectivity index (χ1) is 8.13. The molecule has 1 N–H and O–H groups in total. The van der Waals surface area contributed by atoms with Gasteiger partial charge in [0.15, 0.2) is 0 Å². The van der Waals surface area contributed by atoms with Crippen molar-refractivity contribution in [3.8, 4) is 0 Å². The number of hydrogen-bond acceptors (Lipinski definition) is 1. The number of rotatable bonds is 3. The van der Waals surface area contributed by atoms with Crippen molar-refractivity contribution in [3.05, 3.63) is 64.1 Å². The molecule has 4 heteroatoms. The number of hydrogen-bond donors (Lipinski definition) is 1. The molecule has 0 aliphatic rings. The molecule has 0 amide bonds. The molecule has 0 aliphatic heterocycles. The predicted molar refractivity (Wildman–Crippen MR) is 67.8 cm³/mol. The lowest BCUT2D eigenvalue weighted by atomic mass is 10.2. The summed E-state index contributed by atoms with van der Waals surface area (Å²) >= 11 is 3.35. The Hall–Kier alpha value is -1.42. The van der Waals surface area contributed by atoms with Crippen molar-refractivity contribution in [2.24, 2.45) is 0 Å². The first kappa shape index (κ1) is 12.0. The van der Waals surface area contributed by atoms with Gasteiger partial charge in [-0.1, -0.05) is 22.0 Å². The Bertz CT molecular complexity index is 508. The average Bonchev–Trinajstić information content (AvgIpc) is 2.25. The van der Waals surface area contributed by atoms with Gasteiger partial charge in [-0.15, -0.1) is 0 Å². The Morgan fingerprint density at radius 1 is 1.00 bits per heavy atom. The van der Waals surface area contributed by atoms with Gasteiger partial charge >= 0.3 is 0 Å². The summed E-state index contributed by atoms with van der Waals surface area (Å²) in [7, 11) is 0. The number of nitrogens with one attached hydrogen (secondary N) is 1. The molecule has 0 saturated heterocycles. The van der Waals surface area contributed by atoms with E-state index in [4.69, 9.17) is 0 Å². The van der Waals surface area contributed by atoms with Crippen LogP contribution in [0.3, 0.4) is 0 Å². The molecule has 0 bridgehead atoms. The molecular formula is C13H10BrF2N. The van der Waals surface area contributed by atoms with E-state index in [0.717, 1.165) is 16.2 Å². The van der Waals surface area contributed by atoms with Gasteiger partial charge in [0.25, 0.3) is 0 Å². The van der Waals surface area contributed by atoms with Crippen LogP contribution < -0.4 is 5.32 Å². The molecule has 0 aliphatic carbocycles. The van der Waals surface area contributed by atoms with Gasteiger partial charge in [0, 0.05) is 22.8 Å². The van der Waals surface area contributed by atoms with Crippen LogP contribution in [0.2, 0.25) is 0 Å². The van der Waals surface area contributed by atoms with Crippen LogP contribution in [0.15, 0.2) is 46.9 Å². The van der Waals surface area contributed by atoms with E-state index in [1.165, 1.54) is 12.1 Å². The van der Waals surface area contributed by atoms with Gasteiger partial charge < -0.3 is 5.32 Å². The zero-order chi connectivity index (χ0) is 12.3. The van der Waals surface area contributed by atoms with Crippen LogP contribution in [0.5, 0.6) is 0 Å². The molecule has 2 aromatic carbocycles. The third-order valence-corrected chi connectivity index (χ3v) is 2.74. The molecular weight excluding hydrogens is 288 g/mol. The van der Waals surface area contributed by atoms with Crippen LogP contribution in [0.4, 0.5) is 14.5 Å². The maximum Gasteiger partial charge on any atom is 0.126 e. The molecule has 2 rings (SSSR count). The summed E-state index contributed by atoms with van der Waals surface area (Å²) in [4.78, 5) is 0. The topological polar surface area (TPSA) is 12.0 Å². The van der Waals surface area contributed by atoms with Crippen molar-refractivity contribution in [1.29, 1.82) is 0 Å². The summed E-state index contributed by atoms with van der Waals surface area (Å²) in [6.07, 6.45) is 0. The van der Waals surface area contributed by atoms with E-state index in [9.17, 15) is 8.78 Å². The molecule has 0 heterocycles. The molecule has 0 radical (unpaired) electrons. The molecule has 0 spiro atoms. The summed E-state index contributed by atoms with van der Waals surface area (Å²) in [5, 5.41) is 3.09. The normalized spacial score (nSPS) is 10.3. The smallest absolute Gasteiger partial charge is 0.126 e. The molecule has 0 aromatic heterocycles. The van der Waals surface area contributed by atoms with Crippen molar-refractivity contribution in [1.82, 2.24) is 0 Å². The lowest BCUT2D eigenvalue weighted by molar-refractivity contribution is 0.580. The fourth-order valence-corrected chi connectivity index (χ4v) is 1.91. The molecule has 0 saturated carbocycles. The summed E-state index contributed by atoms with van der Waals surface area (Å²) in [6.45, 7) is 0.380. The highest BCUT2D eigenvalue weighted by Crippen LogP contribution is 2.17. The molecule has 1 nitrogen and oxygen atoms in total. The van der Waals surface area contributed by atoms with E-state index in [1.54, 1.807) is 0 Å². The molecule has 0 unspecified atom stereocenters. The number of anilines is 1. The maximum absolute atomic E-state index is 12.9. The van der Waals surface area contributed by atoms with E-state index < -0.39 is 11.6 Å². The van der Waals surface area contributed by atoms with E-state index in [2.05, 4.69) is 21.2 Å². The first-order valence-corrected chi connectivity index (χ1v) is 5.87. The third kappa shape index (κ3) is 3.53. The second-order valence-electron chi connectivity index (χ2n) is 3.64. The SMILES string of the molecule is Fc1cc(F)cc(CNc2cccc(Br)c2)c1. The van der Waals surface area contributed by atoms with Crippen molar-refractivity contribution in [2.45, 2.75) is 6.54 Å². The largest absolute Gasteiger partial charge is 0.381 e. The molecule has 88 valence electrons. The van der Waals surface area contributed by atoms with Crippen LogP contribution in [-0.2, 0) is 6.54 Å². The van der Waals surface area contributed by atoms with Crippen molar-refractivity contribution in [3.63, 3.8) is 0 Å². The van der Waals surface area contributed by atoms with E-state index >= 15 is 0 Å². The van der Waals surface area contributed by atoms with Gasteiger partial charge in [-0.05, 0) is 35.9 Å². The van der Waals surface area contributed by atoms with E-state index in [0.29, 0.717) is 12.1 Å². The third-order valence-electron chi connectivity index (χ3n) is 2.24. The van der Waals surface area contributed by atoms with Crippen LogP contribution in [0.1, 0.15) is 5.56 Å². The monoisotopic (exact) mass is 297 g/mol. The van der Waals surface area contributed by atoms with Gasteiger partial charge in [0.05, 0.1) is 0 Å². The minimum Gasteiger partial charge on any atom is -0.381 e. The zero-order valence-corrected chi connectivity index (χ0v) is 10.5. The van der Waals surface area contributed by atoms with E-state index in [-0.39, 0.29) is 0 Å². The zero-order valence-electron chi connectivity index (χ0n) is 8.88. The molecule has 2 aromatic rings. The van der Waals surface area contributed by atoms with Crippen LogP contribution in [0.25, 0.3) is 0 Å². The summed E-state index contributed by atoms with van der Waals surface area (Å²) in [5.41, 5.74) is 1.46. The lowest BCUT2D eigenvalue weighted by Gasteiger charge is -2.07. The predicted octanol–water partition coefficient (Wildman–Crippen LogP) is 4.34. The van der Waals surface area contributed by atoms with Gasteiger partial charge in [0.2, 0.25) is 0 Å². The Kier molecular flexibility index (Phi) is 3.74. The van der Waals surface area contributed by atoms with Crippen molar-refractivity contribution in [2.75, 3.05) is 5.32 Å². The minimum atomic E-state index is -0.559. The molecule has 0 fully saturated rings. The number of halogens is 3. The Balaban J connectivity index is 2.07. The maximum atomic E-state index is 12.9. The van der Waals surface area contributed by atoms with Crippen molar-refractivity contribution >= 4 is 21.6 Å². The van der Waals surface area contributed by atoms with Gasteiger partial charge in [-0.25, -0.2) is 8.78 Å². The minimum absolute atomic E-state index is 0.380. The molecule has 17 heavy (non-hydrogen) atoms. The van der Waals surface area contributed by atoms with Gasteiger partial charge in [-0.2, -0.15) is 0 Å².